The van der Waals surface area contributed by atoms with Crippen molar-refractivity contribution in [1.82, 2.24) is 20.9 Å². The number of nitrogens with one attached hydrogen (secondary N) is 3. The summed E-state index contributed by atoms with van der Waals surface area (Å²) in [6, 6.07) is -3.53. The fraction of sp³-hybridized carbons (Fsp3) is 0.778. The van der Waals surface area contributed by atoms with Crippen molar-refractivity contribution in [1.29, 1.82) is 0 Å². The number of carboxylic acid groups (broad SMARTS) is 1. The predicted octanol–water partition coefficient (Wildman–Crippen LogP) is 1.21. The lowest BCUT2D eigenvalue weighted by atomic mass is 9.83. The van der Waals surface area contributed by atoms with Gasteiger partial charge in [-0.05, 0) is 56.8 Å². The van der Waals surface area contributed by atoms with Crippen LogP contribution >= 0.6 is 0 Å². The lowest BCUT2D eigenvalue weighted by molar-refractivity contribution is -0.144. The number of carboxylic acids is 1. The van der Waals surface area contributed by atoms with Crippen LogP contribution in [0.1, 0.15) is 90.9 Å². The van der Waals surface area contributed by atoms with E-state index in [9.17, 15) is 33.9 Å². The highest BCUT2D eigenvalue weighted by Crippen LogP contribution is 2.34. The molecule has 3 atom stereocenters. The highest BCUT2D eigenvalue weighted by Gasteiger charge is 2.43. The van der Waals surface area contributed by atoms with Gasteiger partial charge in [-0.25, -0.2) is 9.59 Å². The van der Waals surface area contributed by atoms with E-state index in [0.29, 0.717) is 25.8 Å². The van der Waals surface area contributed by atoms with Crippen LogP contribution in [-0.2, 0) is 24.0 Å². The van der Waals surface area contributed by atoms with Crippen LogP contribution in [-0.4, -0.2) is 75.7 Å². The second kappa shape index (κ2) is 13.3. The molecule has 12 heteroatoms. The molecule has 1 aliphatic heterocycles. The average Bonchev–Trinajstić information content (AvgIpc) is 3.60. The number of nitrogens with two attached hydrogens (primary N) is 1. The number of primary amides is 1. The van der Waals surface area contributed by atoms with Crippen molar-refractivity contribution in [3.63, 3.8) is 0 Å². The number of likely N-dealkylation sites (tertiary alicyclic amines) is 1. The Bertz CT molecular complexity index is 956. The molecule has 39 heavy (non-hydrogen) atoms. The van der Waals surface area contributed by atoms with Crippen molar-refractivity contribution in [2.45, 2.75) is 115 Å². The number of amides is 5. The summed E-state index contributed by atoms with van der Waals surface area (Å²) >= 11 is 0. The standard InChI is InChI=1S/C27H43N5O7/c1-3-27(4-2,25(37)38)31-26(39)30-20(17-9-6-5-7-10-17)24(36)32-14-8-11-19(32)23(35)29-18(15-16-12-13-16)21(33)22(28)34/h16-20H,3-15H2,1-2H3,(H2,28,34)(H,29,35)(H,37,38)(H2,30,31,39)/t18?,19-,20?/m0/s1. The third-order valence-electron chi connectivity index (χ3n) is 8.62. The quantitative estimate of drug-likeness (QED) is 0.213. The molecular formula is C27H43N5O7. The summed E-state index contributed by atoms with van der Waals surface area (Å²) in [6.07, 6.45) is 7.77. The Balaban J connectivity index is 1.76. The zero-order valence-electron chi connectivity index (χ0n) is 23.0. The highest BCUT2D eigenvalue weighted by atomic mass is 16.4. The van der Waals surface area contributed by atoms with Gasteiger partial charge in [-0.15, -0.1) is 0 Å². The molecule has 2 saturated carbocycles. The summed E-state index contributed by atoms with van der Waals surface area (Å²) in [6.45, 7) is 3.66. The van der Waals surface area contributed by atoms with Gasteiger partial charge in [-0.1, -0.05) is 46.0 Å². The molecule has 0 bridgehead atoms. The first kappa shape index (κ1) is 30.4. The van der Waals surface area contributed by atoms with E-state index in [-0.39, 0.29) is 24.7 Å². The number of carbonyl (C=O) groups is 6. The number of Topliss-reactive ketones (excluding diaryl/α,β-unsaturated/α-hetero) is 1. The monoisotopic (exact) mass is 549 g/mol. The summed E-state index contributed by atoms with van der Waals surface area (Å²) in [5, 5.41) is 17.7. The molecule has 2 unspecified atom stereocenters. The molecule has 3 fully saturated rings. The van der Waals surface area contributed by atoms with Crippen LogP contribution in [0.25, 0.3) is 0 Å². The molecule has 5 amide bonds. The lowest BCUT2D eigenvalue weighted by Gasteiger charge is -2.36. The van der Waals surface area contributed by atoms with E-state index in [1.54, 1.807) is 13.8 Å². The minimum Gasteiger partial charge on any atom is -0.480 e. The first-order valence-corrected chi connectivity index (χ1v) is 14.3. The van der Waals surface area contributed by atoms with E-state index >= 15 is 0 Å². The average molecular weight is 550 g/mol. The van der Waals surface area contributed by atoms with Gasteiger partial charge in [0.25, 0.3) is 5.91 Å². The van der Waals surface area contributed by atoms with Crippen LogP contribution in [0.4, 0.5) is 4.79 Å². The van der Waals surface area contributed by atoms with Gasteiger partial charge >= 0.3 is 12.0 Å². The fourth-order valence-corrected chi connectivity index (χ4v) is 5.87. The van der Waals surface area contributed by atoms with Crippen molar-refractivity contribution >= 4 is 35.5 Å². The maximum Gasteiger partial charge on any atom is 0.329 e. The summed E-state index contributed by atoms with van der Waals surface area (Å²) < 4.78 is 0. The van der Waals surface area contributed by atoms with E-state index in [1.807, 2.05) is 0 Å². The lowest BCUT2D eigenvalue weighted by Crippen LogP contribution is -2.62. The van der Waals surface area contributed by atoms with Gasteiger partial charge < -0.3 is 31.7 Å². The molecule has 12 nitrogen and oxygen atoms in total. The van der Waals surface area contributed by atoms with Crippen LogP contribution in [0.5, 0.6) is 0 Å². The van der Waals surface area contributed by atoms with Gasteiger partial charge in [0.2, 0.25) is 17.6 Å². The maximum atomic E-state index is 13.9. The Morgan fingerprint density at radius 3 is 2.10 bits per heavy atom. The molecule has 0 radical (unpaired) electrons. The first-order chi connectivity index (χ1) is 18.5. The van der Waals surface area contributed by atoms with Crippen LogP contribution in [0.15, 0.2) is 0 Å². The molecule has 0 aromatic carbocycles. The number of rotatable bonds is 13. The van der Waals surface area contributed by atoms with Crippen molar-refractivity contribution in [3.05, 3.63) is 0 Å². The minimum atomic E-state index is -1.45. The van der Waals surface area contributed by atoms with Gasteiger partial charge in [-0.2, -0.15) is 0 Å². The van der Waals surface area contributed by atoms with Gasteiger partial charge in [0.1, 0.15) is 17.6 Å². The minimum absolute atomic E-state index is 0.150. The van der Waals surface area contributed by atoms with Gasteiger partial charge in [0.15, 0.2) is 0 Å². The number of nitrogens with zero attached hydrogens (tertiary/aromatic N) is 1. The topological polar surface area (TPSA) is 188 Å². The summed E-state index contributed by atoms with van der Waals surface area (Å²) in [5.74, 6) is -3.92. The smallest absolute Gasteiger partial charge is 0.329 e. The molecule has 0 spiro atoms. The Labute approximate surface area is 229 Å². The van der Waals surface area contributed by atoms with E-state index in [2.05, 4.69) is 16.0 Å². The molecule has 2 aliphatic carbocycles. The molecule has 1 saturated heterocycles. The second-order valence-electron chi connectivity index (χ2n) is 11.2. The molecule has 6 N–H and O–H groups in total. The molecule has 0 aromatic rings. The number of carbonyl (C=O) groups excluding carboxylic acids is 5. The van der Waals surface area contributed by atoms with Gasteiger partial charge in [0.05, 0.1) is 6.04 Å². The Morgan fingerprint density at radius 2 is 1.56 bits per heavy atom. The first-order valence-electron chi connectivity index (χ1n) is 14.3. The van der Waals surface area contributed by atoms with Crippen LogP contribution < -0.4 is 21.7 Å². The molecule has 1 heterocycles. The Kier molecular flexibility index (Phi) is 10.3. The van der Waals surface area contributed by atoms with Crippen molar-refractivity contribution in [2.75, 3.05) is 6.54 Å². The Morgan fingerprint density at radius 1 is 0.923 bits per heavy atom. The number of ketones is 1. The SMILES string of the molecule is CCC(CC)(NC(=O)NC(C(=O)N1CCC[C@H]1C(=O)NC(CC1CC1)C(=O)C(N)=O)C1CCCCC1)C(=O)O. The van der Waals surface area contributed by atoms with E-state index in [1.165, 1.54) is 4.90 Å². The van der Waals surface area contributed by atoms with Crippen LogP contribution in [0, 0.1) is 11.8 Å². The second-order valence-corrected chi connectivity index (χ2v) is 11.2. The van der Waals surface area contributed by atoms with Crippen molar-refractivity contribution in [2.24, 2.45) is 17.6 Å². The summed E-state index contributed by atoms with van der Waals surface area (Å²) in [7, 11) is 0. The van der Waals surface area contributed by atoms with Crippen LogP contribution in [0.3, 0.4) is 0 Å². The normalized spacial score (nSPS) is 21.5. The van der Waals surface area contributed by atoms with E-state index < -0.39 is 59.2 Å². The van der Waals surface area contributed by atoms with Crippen molar-refractivity contribution < 1.29 is 33.9 Å². The number of hydrogen-bond donors (Lipinski definition) is 5. The number of hydrogen-bond acceptors (Lipinski definition) is 6. The number of urea groups is 1. The van der Waals surface area contributed by atoms with E-state index in [4.69, 9.17) is 5.73 Å². The summed E-state index contributed by atoms with van der Waals surface area (Å²) in [4.78, 5) is 77.5. The highest BCUT2D eigenvalue weighted by molar-refractivity contribution is 6.37. The molecular weight excluding hydrogens is 506 g/mol. The molecule has 0 aromatic heterocycles. The maximum absolute atomic E-state index is 13.9. The molecule has 218 valence electrons. The van der Waals surface area contributed by atoms with Crippen LogP contribution in [0.2, 0.25) is 0 Å². The van der Waals surface area contributed by atoms with Gasteiger partial charge in [-0.3, -0.25) is 19.2 Å². The zero-order valence-corrected chi connectivity index (χ0v) is 23.0. The third-order valence-corrected chi connectivity index (χ3v) is 8.62. The van der Waals surface area contributed by atoms with Crippen molar-refractivity contribution in [3.8, 4) is 0 Å². The molecule has 3 rings (SSSR count). The summed E-state index contributed by atoms with van der Waals surface area (Å²) in [5.41, 5.74) is 3.75. The molecule has 3 aliphatic rings. The third kappa shape index (κ3) is 7.48. The largest absolute Gasteiger partial charge is 0.480 e. The Hall–Kier alpha value is -3.18. The number of aliphatic carboxylic acids is 1. The van der Waals surface area contributed by atoms with Gasteiger partial charge in [0, 0.05) is 6.54 Å². The predicted molar refractivity (Wildman–Crippen MR) is 141 cm³/mol. The fourth-order valence-electron chi connectivity index (χ4n) is 5.87. The van der Waals surface area contributed by atoms with E-state index in [0.717, 1.165) is 44.9 Å². The zero-order chi connectivity index (χ0) is 28.7.